The van der Waals surface area contributed by atoms with Crippen molar-refractivity contribution in [2.45, 2.75) is 76.9 Å². The summed E-state index contributed by atoms with van der Waals surface area (Å²) in [4.78, 5) is 2.73. The molecule has 2 heteroatoms. The second kappa shape index (κ2) is 6.38. The van der Waals surface area contributed by atoms with E-state index in [1.165, 1.54) is 44.9 Å². The van der Waals surface area contributed by atoms with E-state index in [0.717, 1.165) is 23.9 Å². The van der Waals surface area contributed by atoms with Gasteiger partial charge < -0.3 is 5.32 Å². The van der Waals surface area contributed by atoms with E-state index < -0.39 is 0 Å². The van der Waals surface area contributed by atoms with E-state index in [2.05, 4.69) is 38.2 Å². The van der Waals surface area contributed by atoms with Crippen LogP contribution in [0.1, 0.15) is 58.8 Å². The van der Waals surface area contributed by atoms with E-state index in [9.17, 15) is 0 Å². The van der Waals surface area contributed by atoms with Gasteiger partial charge >= 0.3 is 0 Å². The molecule has 1 N–H and O–H groups in total. The minimum atomic E-state index is 0.712. The third kappa shape index (κ3) is 3.27. The highest BCUT2D eigenvalue weighted by Crippen LogP contribution is 2.33. The lowest BCUT2D eigenvalue weighted by Gasteiger charge is -2.45. The summed E-state index contributed by atoms with van der Waals surface area (Å²) in [7, 11) is 4.53. The van der Waals surface area contributed by atoms with Gasteiger partial charge in [-0.2, -0.15) is 0 Å². The Morgan fingerprint density at radius 2 is 1.67 bits per heavy atom. The van der Waals surface area contributed by atoms with Crippen LogP contribution in [0.15, 0.2) is 0 Å². The first-order valence-electron chi connectivity index (χ1n) is 8.01. The Bertz CT molecular complexity index is 253. The minimum Gasteiger partial charge on any atom is -0.315 e. The molecule has 0 aromatic rings. The van der Waals surface area contributed by atoms with Crippen LogP contribution in [0.25, 0.3) is 0 Å². The predicted molar refractivity (Wildman–Crippen MR) is 78.8 cm³/mol. The molecule has 2 fully saturated rings. The van der Waals surface area contributed by atoms with Gasteiger partial charge in [0.15, 0.2) is 0 Å². The molecular formula is C16H32N2. The van der Waals surface area contributed by atoms with Crippen LogP contribution >= 0.6 is 0 Å². The van der Waals surface area contributed by atoms with Gasteiger partial charge in [-0.05, 0) is 58.0 Å². The molecule has 2 aliphatic rings. The van der Waals surface area contributed by atoms with E-state index in [1.807, 2.05) is 0 Å². The van der Waals surface area contributed by atoms with Gasteiger partial charge in [-0.1, -0.05) is 26.7 Å². The molecule has 18 heavy (non-hydrogen) atoms. The average molecular weight is 252 g/mol. The first kappa shape index (κ1) is 14.3. The minimum absolute atomic E-state index is 0.712. The second-order valence-electron chi connectivity index (χ2n) is 6.97. The summed E-state index contributed by atoms with van der Waals surface area (Å²) in [5.41, 5.74) is 0. The van der Waals surface area contributed by atoms with Gasteiger partial charge in [0.25, 0.3) is 0 Å². The molecule has 0 bridgehead atoms. The Morgan fingerprint density at radius 3 is 2.33 bits per heavy atom. The molecule has 0 aromatic heterocycles. The lowest BCUT2D eigenvalue weighted by atomic mass is 9.80. The molecule has 0 aliphatic heterocycles. The first-order chi connectivity index (χ1) is 8.61. The van der Waals surface area contributed by atoms with E-state index in [1.54, 1.807) is 0 Å². The highest BCUT2D eigenvalue weighted by Gasteiger charge is 2.34. The Labute approximate surface area is 114 Å². The highest BCUT2D eigenvalue weighted by atomic mass is 15.2. The Hall–Kier alpha value is -0.0800. The lowest BCUT2D eigenvalue weighted by Crippen LogP contribution is -2.54. The number of rotatable bonds is 3. The van der Waals surface area contributed by atoms with E-state index in [4.69, 9.17) is 0 Å². The Morgan fingerprint density at radius 1 is 0.944 bits per heavy atom. The number of hydrogen-bond acceptors (Lipinski definition) is 2. The Kier molecular flexibility index (Phi) is 5.08. The standard InChI is InChI=1S/C16H32N2/c1-12-6-5-7-14(10-12)18(4)16-11-13(2)8-9-15(16)17-3/h12-17H,5-11H2,1-4H3. The van der Waals surface area contributed by atoms with Crippen molar-refractivity contribution in [2.75, 3.05) is 14.1 Å². The monoisotopic (exact) mass is 252 g/mol. The predicted octanol–water partition coefficient (Wildman–Crippen LogP) is 3.27. The summed E-state index contributed by atoms with van der Waals surface area (Å²) < 4.78 is 0. The van der Waals surface area contributed by atoms with Crippen molar-refractivity contribution in [2.24, 2.45) is 11.8 Å². The number of nitrogens with one attached hydrogen (secondary N) is 1. The van der Waals surface area contributed by atoms with Gasteiger partial charge in [0.2, 0.25) is 0 Å². The van der Waals surface area contributed by atoms with Gasteiger partial charge in [0.1, 0.15) is 0 Å². The quantitative estimate of drug-likeness (QED) is 0.829. The van der Waals surface area contributed by atoms with Crippen molar-refractivity contribution in [1.82, 2.24) is 10.2 Å². The molecular weight excluding hydrogens is 220 g/mol. The van der Waals surface area contributed by atoms with Gasteiger partial charge in [-0.25, -0.2) is 0 Å². The van der Waals surface area contributed by atoms with Crippen LogP contribution in [0.3, 0.4) is 0 Å². The summed E-state index contributed by atoms with van der Waals surface area (Å²) in [6.07, 6.45) is 9.85. The molecule has 5 atom stereocenters. The second-order valence-corrected chi connectivity index (χ2v) is 6.97. The van der Waals surface area contributed by atoms with Gasteiger partial charge in [0.05, 0.1) is 0 Å². The lowest BCUT2D eigenvalue weighted by molar-refractivity contribution is 0.0630. The van der Waals surface area contributed by atoms with Crippen molar-refractivity contribution in [1.29, 1.82) is 0 Å². The van der Waals surface area contributed by atoms with Crippen LogP contribution < -0.4 is 5.32 Å². The van der Waals surface area contributed by atoms with Crippen molar-refractivity contribution < 1.29 is 0 Å². The fraction of sp³-hybridized carbons (Fsp3) is 1.00. The summed E-state index contributed by atoms with van der Waals surface area (Å²) in [6, 6.07) is 2.30. The zero-order chi connectivity index (χ0) is 13.1. The van der Waals surface area contributed by atoms with Crippen molar-refractivity contribution in [3.8, 4) is 0 Å². The number of likely N-dealkylation sites (N-methyl/N-ethyl adjacent to an activating group) is 2. The maximum atomic E-state index is 3.56. The fourth-order valence-corrected chi connectivity index (χ4v) is 4.18. The summed E-state index contributed by atoms with van der Waals surface area (Å²) in [5.74, 6) is 1.84. The summed E-state index contributed by atoms with van der Waals surface area (Å²) in [5, 5.41) is 3.56. The molecule has 0 aromatic carbocycles. The molecule has 106 valence electrons. The van der Waals surface area contributed by atoms with Crippen LogP contribution in [0.2, 0.25) is 0 Å². The van der Waals surface area contributed by atoms with Crippen LogP contribution in [0.5, 0.6) is 0 Å². The van der Waals surface area contributed by atoms with E-state index >= 15 is 0 Å². The topological polar surface area (TPSA) is 15.3 Å². The zero-order valence-electron chi connectivity index (χ0n) is 12.8. The summed E-state index contributed by atoms with van der Waals surface area (Å²) in [6.45, 7) is 4.86. The average Bonchev–Trinajstić information content (AvgIpc) is 2.38. The molecule has 0 saturated heterocycles. The highest BCUT2D eigenvalue weighted by molar-refractivity contribution is 4.92. The first-order valence-corrected chi connectivity index (χ1v) is 8.01. The SMILES string of the molecule is CNC1CCC(C)CC1N(C)C1CCCC(C)C1. The normalized spacial score (nSPS) is 42.2. The molecule has 2 rings (SSSR count). The summed E-state index contributed by atoms with van der Waals surface area (Å²) >= 11 is 0. The zero-order valence-corrected chi connectivity index (χ0v) is 12.8. The molecule has 2 aliphatic carbocycles. The van der Waals surface area contributed by atoms with Gasteiger partial charge in [-0.3, -0.25) is 4.90 Å². The van der Waals surface area contributed by atoms with E-state index in [0.29, 0.717) is 6.04 Å². The molecule has 0 amide bonds. The van der Waals surface area contributed by atoms with Crippen molar-refractivity contribution in [3.05, 3.63) is 0 Å². The largest absolute Gasteiger partial charge is 0.315 e. The fourth-order valence-electron chi connectivity index (χ4n) is 4.18. The van der Waals surface area contributed by atoms with Crippen LogP contribution in [-0.2, 0) is 0 Å². The maximum absolute atomic E-state index is 3.56. The van der Waals surface area contributed by atoms with Crippen LogP contribution in [0, 0.1) is 11.8 Å². The third-order valence-corrected chi connectivity index (χ3v) is 5.46. The molecule has 0 radical (unpaired) electrons. The molecule has 0 spiro atoms. The Balaban J connectivity index is 1.98. The molecule has 0 heterocycles. The number of nitrogens with zero attached hydrogens (tertiary/aromatic N) is 1. The van der Waals surface area contributed by atoms with Crippen molar-refractivity contribution >= 4 is 0 Å². The maximum Gasteiger partial charge on any atom is 0.0251 e. The third-order valence-electron chi connectivity index (χ3n) is 5.46. The smallest absolute Gasteiger partial charge is 0.0251 e. The van der Waals surface area contributed by atoms with Gasteiger partial charge in [0, 0.05) is 18.1 Å². The van der Waals surface area contributed by atoms with E-state index in [-0.39, 0.29) is 0 Å². The van der Waals surface area contributed by atoms with Crippen LogP contribution in [0.4, 0.5) is 0 Å². The van der Waals surface area contributed by atoms with Gasteiger partial charge in [-0.15, -0.1) is 0 Å². The van der Waals surface area contributed by atoms with Crippen molar-refractivity contribution in [3.63, 3.8) is 0 Å². The molecule has 2 nitrogen and oxygen atoms in total. The number of hydrogen-bond donors (Lipinski definition) is 1. The molecule has 2 saturated carbocycles. The van der Waals surface area contributed by atoms with Crippen LogP contribution in [-0.4, -0.2) is 37.1 Å². The molecule has 5 unspecified atom stereocenters.